The normalized spacial score (nSPS) is 12.3. The van der Waals surface area contributed by atoms with E-state index < -0.39 is 0 Å². The van der Waals surface area contributed by atoms with Crippen molar-refractivity contribution in [2.24, 2.45) is 4.99 Å². The van der Waals surface area contributed by atoms with Crippen LogP contribution in [0.1, 0.15) is 12.7 Å². The molecule has 0 aliphatic heterocycles. The van der Waals surface area contributed by atoms with E-state index in [0.717, 1.165) is 23.0 Å². The van der Waals surface area contributed by atoms with E-state index in [1.165, 1.54) is 0 Å². The number of aromatic nitrogens is 3. The van der Waals surface area contributed by atoms with Crippen LogP contribution in [-0.4, -0.2) is 47.5 Å². The van der Waals surface area contributed by atoms with Crippen molar-refractivity contribution in [1.29, 1.82) is 0 Å². The van der Waals surface area contributed by atoms with Crippen molar-refractivity contribution in [2.75, 3.05) is 20.7 Å². The average molecular weight is 394 g/mol. The molecule has 2 N–H and O–H groups in total. The maximum atomic E-state index is 5.93. The van der Waals surface area contributed by atoms with Gasteiger partial charge in [0.05, 0.1) is 20.2 Å². The van der Waals surface area contributed by atoms with E-state index >= 15 is 0 Å². The summed E-state index contributed by atoms with van der Waals surface area (Å²) in [6.07, 6.45) is 1.64. The van der Waals surface area contributed by atoms with E-state index in [1.807, 2.05) is 66.1 Å². The molecule has 152 valence electrons. The minimum absolute atomic E-state index is 0.0615. The van der Waals surface area contributed by atoms with E-state index in [2.05, 4.69) is 25.8 Å². The number of para-hydroxylation sites is 1. The highest BCUT2D eigenvalue weighted by Crippen LogP contribution is 2.19. The maximum Gasteiger partial charge on any atom is 0.191 e. The van der Waals surface area contributed by atoms with Gasteiger partial charge in [-0.1, -0.05) is 24.3 Å². The molecule has 1 atom stereocenters. The number of nitrogens with one attached hydrogen (secondary N) is 2. The largest absolute Gasteiger partial charge is 0.497 e. The second-order valence-corrected chi connectivity index (χ2v) is 6.37. The highest BCUT2D eigenvalue weighted by atomic mass is 16.5. The van der Waals surface area contributed by atoms with Crippen molar-refractivity contribution in [3.05, 3.63) is 66.7 Å². The van der Waals surface area contributed by atoms with Crippen LogP contribution in [0, 0.1) is 0 Å². The molecule has 0 saturated carbocycles. The molecule has 8 nitrogen and oxygen atoms in total. The Morgan fingerprint density at radius 3 is 2.66 bits per heavy atom. The summed E-state index contributed by atoms with van der Waals surface area (Å²) in [7, 11) is 3.36. The number of methoxy groups -OCH3 is 1. The number of aliphatic imine (C=N–C) groups is 1. The summed E-state index contributed by atoms with van der Waals surface area (Å²) < 4.78 is 13.1. The molecule has 1 aromatic heterocycles. The lowest BCUT2D eigenvalue weighted by molar-refractivity contribution is 0.223. The smallest absolute Gasteiger partial charge is 0.191 e. The summed E-state index contributed by atoms with van der Waals surface area (Å²) >= 11 is 0. The van der Waals surface area contributed by atoms with Crippen LogP contribution in [0.2, 0.25) is 0 Å². The Balaban J connectivity index is 1.51. The predicted molar refractivity (Wildman–Crippen MR) is 113 cm³/mol. The molecular formula is C21H26N6O2. The third-order valence-electron chi connectivity index (χ3n) is 4.23. The predicted octanol–water partition coefficient (Wildman–Crippen LogP) is 2.41. The first kappa shape index (κ1) is 20.2. The Morgan fingerprint density at radius 2 is 1.90 bits per heavy atom. The van der Waals surface area contributed by atoms with Gasteiger partial charge in [0.15, 0.2) is 11.8 Å². The first-order valence-electron chi connectivity index (χ1n) is 9.39. The summed E-state index contributed by atoms with van der Waals surface area (Å²) in [4.78, 5) is 4.26. The number of hydrogen-bond acceptors (Lipinski definition) is 5. The van der Waals surface area contributed by atoms with Crippen molar-refractivity contribution < 1.29 is 9.47 Å². The molecule has 0 saturated heterocycles. The fourth-order valence-corrected chi connectivity index (χ4v) is 2.76. The van der Waals surface area contributed by atoms with E-state index in [-0.39, 0.29) is 6.10 Å². The van der Waals surface area contributed by atoms with Gasteiger partial charge in [0.2, 0.25) is 0 Å². The lowest BCUT2D eigenvalue weighted by Gasteiger charge is -2.18. The van der Waals surface area contributed by atoms with Gasteiger partial charge in [-0.3, -0.25) is 9.56 Å². The number of hydrogen-bond donors (Lipinski definition) is 2. The highest BCUT2D eigenvalue weighted by Gasteiger charge is 2.09. The quantitative estimate of drug-likeness (QED) is 0.451. The minimum atomic E-state index is -0.0615. The van der Waals surface area contributed by atoms with E-state index in [9.17, 15) is 0 Å². The number of guanidine groups is 1. The van der Waals surface area contributed by atoms with Crippen molar-refractivity contribution >= 4 is 5.96 Å². The number of nitrogens with zero attached hydrogens (tertiary/aromatic N) is 4. The van der Waals surface area contributed by atoms with Crippen LogP contribution in [0.15, 0.2) is 65.9 Å². The molecule has 0 radical (unpaired) electrons. The molecule has 0 aliphatic rings. The zero-order chi connectivity index (χ0) is 20.5. The van der Waals surface area contributed by atoms with Crippen LogP contribution in [0.5, 0.6) is 11.5 Å². The van der Waals surface area contributed by atoms with Gasteiger partial charge >= 0.3 is 0 Å². The van der Waals surface area contributed by atoms with Gasteiger partial charge in [-0.2, -0.15) is 0 Å². The monoisotopic (exact) mass is 394 g/mol. The summed E-state index contributed by atoms with van der Waals surface area (Å²) in [5.74, 6) is 2.98. The van der Waals surface area contributed by atoms with Gasteiger partial charge in [0.1, 0.15) is 23.9 Å². The molecule has 29 heavy (non-hydrogen) atoms. The van der Waals surface area contributed by atoms with Gasteiger partial charge in [-0.25, -0.2) is 0 Å². The topological polar surface area (TPSA) is 85.6 Å². The van der Waals surface area contributed by atoms with Gasteiger partial charge in [-0.05, 0) is 31.2 Å². The minimum Gasteiger partial charge on any atom is -0.497 e. The fourth-order valence-electron chi connectivity index (χ4n) is 2.76. The molecule has 1 heterocycles. The molecule has 0 aliphatic carbocycles. The third-order valence-corrected chi connectivity index (χ3v) is 4.23. The maximum absolute atomic E-state index is 5.93. The zero-order valence-corrected chi connectivity index (χ0v) is 16.9. The number of rotatable bonds is 8. The van der Waals surface area contributed by atoms with Crippen molar-refractivity contribution in [3.8, 4) is 17.2 Å². The van der Waals surface area contributed by atoms with Gasteiger partial charge in [0.25, 0.3) is 0 Å². The highest BCUT2D eigenvalue weighted by molar-refractivity contribution is 5.79. The average Bonchev–Trinajstić information content (AvgIpc) is 3.23. The zero-order valence-electron chi connectivity index (χ0n) is 16.9. The van der Waals surface area contributed by atoms with Crippen LogP contribution in [0.25, 0.3) is 5.69 Å². The molecule has 0 bridgehead atoms. The molecule has 3 rings (SSSR count). The third kappa shape index (κ3) is 5.71. The Morgan fingerprint density at radius 1 is 1.10 bits per heavy atom. The van der Waals surface area contributed by atoms with Gasteiger partial charge in [0, 0.05) is 18.8 Å². The second kappa shape index (κ2) is 10.1. The Bertz CT molecular complexity index is 926. The number of benzene rings is 2. The first-order chi connectivity index (χ1) is 14.2. The molecule has 2 aromatic carbocycles. The lowest BCUT2D eigenvalue weighted by atomic mass is 10.3. The van der Waals surface area contributed by atoms with Crippen molar-refractivity contribution in [1.82, 2.24) is 25.4 Å². The van der Waals surface area contributed by atoms with Crippen LogP contribution < -0.4 is 20.1 Å². The van der Waals surface area contributed by atoms with E-state index in [4.69, 9.17) is 9.47 Å². The van der Waals surface area contributed by atoms with Crippen LogP contribution in [0.4, 0.5) is 0 Å². The van der Waals surface area contributed by atoms with Crippen molar-refractivity contribution in [3.63, 3.8) is 0 Å². The van der Waals surface area contributed by atoms with Crippen LogP contribution >= 0.6 is 0 Å². The summed E-state index contributed by atoms with van der Waals surface area (Å²) in [5.41, 5.74) is 1.01. The van der Waals surface area contributed by atoms with Gasteiger partial charge < -0.3 is 20.1 Å². The van der Waals surface area contributed by atoms with Crippen LogP contribution in [-0.2, 0) is 6.54 Å². The number of ether oxygens (including phenoxy) is 2. The Kier molecular flexibility index (Phi) is 7.05. The summed E-state index contributed by atoms with van der Waals surface area (Å²) in [5, 5.41) is 14.7. The van der Waals surface area contributed by atoms with Gasteiger partial charge in [-0.15, -0.1) is 10.2 Å². The first-order valence-corrected chi connectivity index (χ1v) is 9.39. The Hall–Kier alpha value is -3.55. The molecule has 0 amide bonds. The summed E-state index contributed by atoms with van der Waals surface area (Å²) in [6, 6.07) is 17.5. The molecular weight excluding hydrogens is 368 g/mol. The molecule has 0 spiro atoms. The van der Waals surface area contributed by atoms with Crippen LogP contribution in [0.3, 0.4) is 0 Å². The molecule has 3 aromatic rings. The Labute approximate surface area is 170 Å². The van der Waals surface area contributed by atoms with Crippen molar-refractivity contribution in [2.45, 2.75) is 19.6 Å². The lowest BCUT2D eigenvalue weighted by Crippen LogP contribution is -2.41. The van der Waals surface area contributed by atoms with E-state index in [0.29, 0.717) is 19.0 Å². The SMILES string of the molecule is CN=C(NCc1nncn1-c1ccccc1)NCC(C)Oc1cccc(OC)c1. The molecule has 1 unspecified atom stereocenters. The standard InChI is InChI=1S/C21H26N6O2/c1-16(29-19-11-7-10-18(12-19)28-3)13-23-21(22-2)24-14-20-26-25-15-27(20)17-8-5-4-6-9-17/h4-12,15-16H,13-14H2,1-3H3,(H2,22,23,24). The molecule has 8 heteroatoms. The summed E-state index contributed by atoms with van der Waals surface area (Å²) in [6.45, 7) is 3.06. The second-order valence-electron chi connectivity index (χ2n) is 6.37. The van der Waals surface area contributed by atoms with E-state index in [1.54, 1.807) is 20.5 Å². The fraction of sp³-hybridized carbons (Fsp3) is 0.286. The molecule has 0 fully saturated rings.